The third-order valence-electron chi connectivity index (χ3n) is 4.32. The number of hydrogen-bond acceptors (Lipinski definition) is 4. The lowest BCUT2D eigenvalue weighted by atomic mass is 10.2. The molecular formula is C17H21N3O3S. The Morgan fingerprint density at radius 2 is 2.08 bits per heavy atom. The number of amides is 1. The second-order valence-corrected chi connectivity index (χ2v) is 8.29. The molecule has 1 atom stereocenters. The van der Waals surface area contributed by atoms with E-state index in [-0.39, 0.29) is 23.5 Å². The van der Waals surface area contributed by atoms with Crippen LogP contribution in [0.4, 0.5) is 0 Å². The third kappa shape index (κ3) is 3.67. The van der Waals surface area contributed by atoms with Gasteiger partial charge in [-0.3, -0.25) is 9.48 Å². The highest BCUT2D eigenvalue weighted by Crippen LogP contribution is 2.19. The van der Waals surface area contributed by atoms with E-state index >= 15 is 0 Å². The van der Waals surface area contributed by atoms with Crippen LogP contribution < -0.4 is 0 Å². The van der Waals surface area contributed by atoms with Gasteiger partial charge in [0.15, 0.2) is 9.84 Å². The summed E-state index contributed by atoms with van der Waals surface area (Å²) < 4.78 is 25.1. The van der Waals surface area contributed by atoms with E-state index in [0.717, 1.165) is 5.56 Å². The molecule has 7 heteroatoms. The maximum atomic E-state index is 12.7. The van der Waals surface area contributed by atoms with Crippen LogP contribution in [-0.4, -0.2) is 53.1 Å². The highest BCUT2D eigenvalue weighted by atomic mass is 32.2. The molecule has 1 aromatic heterocycles. The number of rotatable bonds is 5. The Morgan fingerprint density at radius 3 is 2.71 bits per heavy atom. The van der Waals surface area contributed by atoms with E-state index in [2.05, 4.69) is 5.10 Å². The van der Waals surface area contributed by atoms with E-state index in [9.17, 15) is 13.2 Å². The summed E-state index contributed by atoms with van der Waals surface area (Å²) in [7, 11) is -3.02. The molecule has 24 heavy (non-hydrogen) atoms. The van der Waals surface area contributed by atoms with Crippen LogP contribution in [0, 0.1) is 0 Å². The predicted molar refractivity (Wildman–Crippen MR) is 91.5 cm³/mol. The average Bonchev–Trinajstić information content (AvgIpc) is 3.16. The molecular weight excluding hydrogens is 326 g/mol. The molecule has 0 spiro atoms. The van der Waals surface area contributed by atoms with Gasteiger partial charge in [0.05, 0.1) is 29.8 Å². The molecule has 3 rings (SSSR count). The molecule has 0 bridgehead atoms. The largest absolute Gasteiger partial charge is 0.335 e. The highest BCUT2D eigenvalue weighted by Gasteiger charge is 2.34. The van der Waals surface area contributed by atoms with Crippen molar-refractivity contribution in [1.82, 2.24) is 14.7 Å². The van der Waals surface area contributed by atoms with Crippen LogP contribution in [0.1, 0.15) is 29.3 Å². The molecule has 0 N–H and O–H groups in total. The molecule has 128 valence electrons. The quantitative estimate of drug-likeness (QED) is 0.823. The van der Waals surface area contributed by atoms with E-state index < -0.39 is 9.84 Å². The summed E-state index contributed by atoms with van der Waals surface area (Å²) in [6, 6.07) is 9.66. The van der Waals surface area contributed by atoms with Crippen molar-refractivity contribution in [2.24, 2.45) is 0 Å². The van der Waals surface area contributed by atoms with Crippen LogP contribution in [0.5, 0.6) is 0 Å². The molecule has 1 aromatic carbocycles. The monoisotopic (exact) mass is 347 g/mol. The van der Waals surface area contributed by atoms with Gasteiger partial charge < -0.3 is 4.90 Å². The van der Waals surface area contributed by atoms with Crippen molar-refractivity contribution in [3.05, 3.63) is 53.9 Å². The normalized spacial score (nSPS) is 19.3. The summed E-state index contributed by atoms with van der Waals surface area (Å²) in [6.45, 7) is 2.96. The number of hydrogen-bond donors (Lipinski definition) is 0. The first-order valence-corrected chi connectivity index (χ1v) is 9.88. The summed E-state index contributed by atoms with van der Waals surface area (Å²) in [5.41, 5.74) is 1.60. The van der Waals surface area contributed by atoms with E-state index in [0.29, 0.717) is 25.1 Å². The molecule has 1 saturated heterocycles. The van der Waals surface area contributed by atoms with Crippen LogP contribution >= 0.6 is 0 Å². The van der Waals surface area contributed by atoms with E-state index in [4.69, 9.17) is 0 Å². The molecule has 1 amide bonds. The van der Waals surface area contributed by atoms with Crippen molar-refractivity contribution >= 4 is 15.7 Å². The maximum Gasteiger partial charge on any atom is 0.257 e. The molecule has 1 unspecified atom stereocenters. The van der Waals surface area contributed by atoms with Crippen molar-refractivity contribution in [2.75, 3.05) is 18.1 Å². The molecule has 2 aromatic rings. The zero-order valence-electron chi connectivity index (χ0n) is 13.6. The van der Waals surface area contributed by atoms with E-state index in [1.54, 1.807) is 22.0 Å². The van der Waals surface area contributed by atoms with Gasteiger partial charge >= 0.3 is 0 Å². The Kier molecular flexibility index (Phi) is 4.71. The van der Waals surface area contributed by atoms with Gasteiger partial charge in [0.1, 0.15) is 0 Å². The molecule has 0 saturated carbocycles. The predicted octanol–water partition coefficient (Wildman–Crippen LogP) is 1.58. The molecule has 1 aliphatic heterocycles. The van der Waals surface area contributed by atoms with E-state index in [1.165, 1.54) is 0 Å². The fourth-order valence-corrected chi connectivity index (χ4v) is 4.82. The van der Waals surface area contributed by atoms with Crippen molar-refractivity contribution in [3.63, 3.8) is 0 Å². The second-order valence-electron chi connectivity index (χ2n) is 6.06. The van der Waals surface area contributed by atoms with Gasteiger partial charge in [0, 0.05) is 18.8 Å². The van der Waals surface area contributed by atoms with Gasteiger partial charge in [-0.25, -0.2) is 8.42 Å². The summed E-state index contributed by atoms with van der Waals surface area (Å²) >= 11 is 0. The van der Waals surface area contributed by atoms with Crippen molar-refractivity contribution in [1.29, 1.82) is 0 Å². The molecule has 1 fully saturated rings. The van der Waals surface area contributed by atoms with Gasteiger partial charge in [-0.05, 0) is 18.9 Å². The zero-order valence-corrected chi connectivity index (χ0v) is 14.4. The van der Waals surface area contributed by atoms with Crippen LogP contribution in [-0.2, 0) is 16.4 Å². The lowest BCUT2D eigenvalue weighted by Crippen LogP contribution is -2.40. The Labute approximate surface area is 142 Å². The number of benzene rings is 1. The third-order valence-corrected chi connectivity index (χ3v) is 6.07. The molecule has 0 aliphatic carbocycles. The maximum absolute atomic E-state index is 12.7. The number of sulfone groups is 1. The average molecular weight is 347 g/mol. The summed E-state index contributed by atoms with van der Waals surface area (Å²) in [6.07, 6.45) is 3.79. The Bertz CT molecular complexity index is 815. The van der Waals surface area contributed by atoms with Crippen molar-refractivity contribution < 1.29 is 13.2 Å². The first-order valence-electron chi connectivity index (χ1n) is 8.06. The van der Waals surface area contributed by atoms with Crippen LogP contribution in [0.3, 0.4) is 0 Å². The number of carbonyl (C=O) groups excluding carboxylic acids is 1. The van der Waals surface area contributed by atoms with Crippen molar-refractivity contribution in [3.8, 4) is 0 Å². The topological polar surface area (TPSA) is 72.3 Å². The molecule has 6 nitrogen and oxygen atoms in total. The SMILES string of the molecule is CCN(C(=O)c1cnn(Cc2ccccc2)c1)C1CCS(=O)(=O)C1. The minimum absolute atomic E-state index is 0.0603. The van der Waals surface area contributed by atoms with Crippen LogP contribution in [0.25, 0.3) is 0 Å². The fourth-order valence-electron chi connectivity index (χ4n) is 3.09. The minimum Gasteiger partial charge on any atom is -0.335 e. The first kappa shape index (κ1) is 16.7. The summed E-state index contributed by atoms with van der Waals surface area (Å²) in [5, 5.41) is 4.26. The molecule has 1 aliphatic rings. The van der Waals surface area contributed by atoms with Crippen LogP contribution in [0.2, 0.25) is 0 Å². The fraction of sp³-hybridized carbons (Fsp3) is 0.412. The van der Waals surface area contributed by atoms with Gasteiger partial charge in [0.2, 0.25) is 0 Å². The van der Waals surface area contributed by atoms with Crippen molar-refractivity contribution in [2.45, 2.75) is 25.9 Å². The van der Waals surface area contributed by atoms with Gasteiger partial charge in [0.25, 0.3) is 5.91 Å². The number of aromatic nitrogens is 2. The van der Waals surface area contributed by atoms with Gasteiger partial charge in [-0.2, -0.15) is 5.10 Å². The van der Waals surface area contributed by atoms with E-state index in [1.807, 2.05) is 37.3 Å². The first-order chi connectivity index (χ1) is 11.5. The molecule has 2 heterocycles. The lowest BCUT2D eigenvalue weighted by Gasteiger charge is -2.26. The standard InChI is InChI=1S/C17H21N3O3S/c1-2-20(16-8-9-24(22,23)13-16)17(21)15-10-18-19(12-15)11-14-6-4-3-5-7-14/h3-7,10,12,16H,2,8-9,11,13H2,1H3. The van der Waals surface area contributed by atoms with Gasteiger partial charge in [-0.1, -0.05) is 30.3 Å². The number of carbonyl (C=O) groups is 1. The Balaban J connectivity index is 1.72. The number of nitrogens with zero attached hydrogens (tertiary/aromatic N) is 3. The van der Waals surface area contributed by atoms with Gasteiger partial charge in [-0.15, -0.1) is 0 Å². The zero-order chi connectivity index (χ0) is 17.2. The Hall–Kier alpha value is -2.15. The second kappa shape index (κ2) is 6.76. The smallest absolute Gasteiger partial charge is 0.257 e. The Morgan fingerprint density at radius 1 is 1.33 bits per heavy atom. The van der Waals surface area contributed by atoms with Crippen LogP contribution in [0.15, 0.2) is 42.7 Å². The minimum atomic E-state index is -3.02. The summed E-state index contributed by atoms with van der Waals surface area (Å²) in [4.78, 5) is 14.4. The lowest BCUT2D eigenvalue weighted by molar-refractivity contribution is 0.0708. The summed E-state index contributed by atoms with van der Waals surface area (Å²) in [5.74, 6) is 0.0679. The molecule has 0 radical (unpaired) electrons. The highest BCUT2D eigenvalue weighted by molar-refractivity contribution is 7.91.